The van der Waals surface area contributed by atoms with Crippen molar-refractivity contribution < 1.29 is 4.74 Å². The molecule has 94 valence electrons. The van der Waals surface area contributed by atoms with Crippen molar-refractivity contribution in [3.63, 3.8) is 0 Å². The smallest absolute Gasteiger partial charge is 0.124 e. The largest absolute Gasteiger partial charge is 0.489 e. The molecule has 2 aromatic rings. The summed E-state index contributed by atoms with van der Waals surface area (Å²) in [6, 6.07) is 13.8. The van der Waals surface area contributed by atoms with Gasteiger partial charge in [-0.05, 0) is 30.7 Å². The number of hydrogen-bond acceptors (Lipinski definition) is 1. The fraction of sp³-hybridized carbons (Fsp3) is 0.200. The summed E-state index contributed by atoms with van der Waals surface area (Å²) in [5.74, 6) is 1.18. The lowest BCUT2D eigenvalue weighted by Crippen LogP contribution is -1.97. The van der Waals surface area contributed by atoms with Crippen LogP contribution in [-0.4, -0.2) is 0 Å². The summed E-state index contributed by atoms with van der Waals surface area (Å²) >= 11 is 11.8. The number of aryl methyl sites for hydroxylation is 1. The van der Waals surface area contributed by atoms with Crippen LogP contribution >= 0.6 is 23.2 Å². The Kier molecular flexibility index (Phi) is 4.51. The van der Waals surface area contributed by atoms with Crippen molar-refractivity contribution in [3.8, 4) is 5.75 Å². The van der Waals surface area contributed by atoms with E-state index in [1.54, 1.807) is 0 Å². The molecule has 0 heterocycles. The second-order valence-electron chi connectivity index (χ2n) is 4.16. The van der Waals surface area contributed by atoms with E-state index < -0.39 is 0 Å². The van der Waals surface area contributed by atoms with Gasteiger partial charge in [0, 0.05) is 10.6 Å². The molecule has 2 rings (SSSR count). The average molecular weight is 281 g/mol. The summed E-state index contributed by atoms with van der Waals surface area (Å²) in [7, 11) is 0. The molecule has 0 aliphatic rings. The van der Waals surface area contributed by atoms with Gasteiger partial charge >= 0.3 is 0 Å². The number of benzene rings is 2. The molecule has 0 aliphatic carbocycles. The van der Waals surface area contributed by atoms with Crippen molar-refractivity contribution in [3.05, 3.63) is 64.2 Å². The van der Waals surface area contributed by atoms with Gasteiger partial charge in [0.25, 0.3) is 0 Å². The molecular weight excluding hydrogens is 267 g/mol. The molecule has 0 saturated heterocycles. The Labute approximate surface area is 117 Å². The number of hydrogen-bond donors (Lipinski definition) is 0. The highest BCUT2D eigenvalue weighted by Crippen LogP contribution is 2.25. The highest BCUT2D eigenvalue weighted by atomic mass is 35.5. The van der Waals surface area contributed by atoms with Gasteiger partial charge in [0.05, 0.1) is 5.88 Å². The van der Waals surface area contributed by atoms with Gasteiger partial charge in [-0.15, -0.1) is 11.6 Å². The van der Waals surface area contributed by atoms with Crippen LogP contribution in [0.5, 0.6) is 5.75 Å². The number of ether oxygens (including phenoxy) is 1. The van der Waals surface area contributed by atoms with E-state index in [0.29, 0.717) is 17.5 Å². The van der Waals surface area contributed by atoms with Gasteiger partial charge in [-0.2, -0.15) is 0 Å². The molecular formula is C15H14Cl2O. The molecule has 18 heavy (non-hydrogen) atoms. The molecule has 0 radical (unpaired) electrons. The second-order valence-corrected chi connectivity index (χ2v) is 4.86. The molecule has 0 N–H and O–H groups in total. The van der Waals surface area contributed by atoms with E-state index in [9.17, 15) is 0 Å². The topological polar surface area (TPSA) is 9.23 Å². The zero-order chi connectivity index (χ0) is 13.0. The third-order valence-electron chi connectivity index (χ3n) is 2.68. The van der Waals surface area contributed by atoms with Crippen LogP contribution in [0.25, 0.3) is 0 Å². The minimum absolute atomic E-state index is 0.393. The fourth-order valence-electron chi connectivity index (χ4n) is 1.64. The van der Waals surface area contributed by atoms with Gasteiger partial charge < -0.3 is 4.74 Å². The highest BCUT2D eigenvalue weighted by Gasteiger charge is 2.04. The van der Waals surface area contributed by atoms with Crippen molar-refractivity contribution >= 4 is 23.2 Å². The first-order chi connectivity index (χ1) is 8.69. The summed E-state index contributed by atoms with van der Waals surface area (Å²) in [5, 5.41) is 0.674. The summed E-state index contributed by atoms with van der Waals surface area (Å²) < 4.78 is 5.77. The van der Waals surface area contributed by atoms with E-state index in [1.165, 1.54) is 5.56 Å². The molecule has 0 aromatic heterocycles. The Morgan fingerprint density at radius 2 is 1.78 bits per heavy atom. The minimum atomic E-state index is 0.393. The fourth-order valence-corrected chi connectivity index (χ4v) is 2.04. The van der Waals surface area contributed by atoms with E-state index in [1.807, 2.05) is 18.2 Å². The van der Waals surface area contributed by atoms with Crippen molar-refractivity contribution in [2.24, 2.45) is 0 Å². The molecule has 0 spiro atoms. The SMILES string of the molecule is Cc1ccc(COc2ccc(Cl)cc2CCl)cc1. The Morgan fingerprint density at radius 1 is 1.06 bits per heavy atom. The summed E-state index contributed by atoms with van der Waals surface area (Å²) in [4.78, 5) is 0. The van der Waals surface area contributed by atoms with Crippen molar-refractivity contribution in [2.75, 3.05) is 0 Å². The van der Waals surface area contributed by atoms with Crippen LogP contribution in [0, 0.1) is 6.92 Å². The Morgan fingerprint density at radius 3 is 2.44 bits per heavy atom. The predicted octanol–water partition coefficient (Wildman–Crippen LogP) is 4.97. The molecule has 0 unspecified atom stereocenters. The number of alkyl halides is 1. The molecule has 0 aliphatic heterocycles. The summed E-state index contributed by atoms with van der Waals surface area (Å²) in [6.07, 6.45) is 0. The van der Waals surface area contributed by atoms with E-state index in [4.69, 9.17) is 27.9 Å². The predicted molar refractivity (Wildman–Crippen MR) is 76.5 cm³/mol. The average Bonchev–Trinajstić information content (AvgIpc) is 2.39. The number of halogens is 2. The first-order valence-corrected chi connectivity index (χ1v) is 6.63. The van der Waals surface area contributed by atoms with Gasteiger partial charge in [-0.25, -0.2) is 0 Å². The van der Waals surface area contributed by atoms with Crippen LogP contribution < -0.4 is 4.74 Å². The van der Waals surface area contributed by atoms with Crippen molar-refractivity contribution in [2.45, 2.75) is 19.4 Å². The Bertz CT molecular complexity index is 521. The van der Waals surface area contributed by atoms with Crippen LogP contribution in [0.1, 0.15) is 16.7 Å². The van der Waals surface area contributed by atoms with Crippen LogP contribution in [0.4, 0.5) is 0 Å². The molecule has 0 atom stereocenters. The molecule has 2 aromatic carbocycles. The lowest BCUT2D eigenvalue weighted by Gasteiger charge is -2.10. The quantitative estimate of drug-likeness (QED) is 0.719. The Balaban J connectivity index is 2.08. The Hall–Kier alpha value is -1.18. The van der Waals surface area contributed by atoms with Gasteiger partial charge in [-0.1, -0.05) is 41.4 Å². The monoisotopic (exact) mass is 280 g/mol. The summed E-state index contributed by atoms with van der Waals surface area (Å²) in [6.45, 7) is 2.60. The van der Waals surface area contributed by atoms with Crippen molar-refractivity contribution in [1.82, 2.24) is 0 Å². The van der Waals surface area contributed by atoms with Crippen molar-refractivity contribution in [1.29, 1.82) is 0 Å². The zero-order valence-corrected chi connectivity index (χ0v) is 11.6. The van der Waals surface area contributed by atoms with Gasteiger partial charge in [0.2, 0.25) is 0 Å². The highest BCUT2D eigenvalue weighted by molar-refractivity contribution is 6.30. The standard InChI is InChI=1S/C15H14Cl2O/c1-11-2-4-12(5-3-11)10-18-15-7-6-14(17)8-13(15)9-16/h2-8H,9-10H2,1H3. The lowest BCUT2D eigenvalue weighted by atomic mass is 10.1. The van der Waals surface area contributed by atoms with Crippen LogP contribution in [0.3, 0.4) is 0 Å². The first-order valence-electron chi connectivity index (χ1n) is 5.72. The second kappa shape index (κ2) is 6.12. The number of rotatable bonds is 4. The molecule has 0 amide bonds. The van der Waals surface area contributed by atoms with Crippen LogP contribution in [0.2, 0.25) is 5.02 Å². The molecule has 0 saturated carbocycles. The molecule has 0 bridgehead atoms. The maximum Gasteiger partial charge on any atom is 0.124 e. The lowest BCUT2D eigenvalue weighted by molar-refractivity contribution is 0.304. The van der Waals surface area contributed by atoms with E-state index >= 15 is 0 Å². The third-order valence-corrected chi connectivity index (χ3v) is 3.20. The maximum absolute atomic E-state index is 5.92. The summed E-state index contributed by atoms with van der Waals surface area (Å²) in [5.41, 5.74) is 3.29. The third kappa shape index (κ3) is 3.41. The van der Waals surface area contributed by atoms with Gasteiger partial charge in [0.1, 0.15) is 12.4 Å². The first kappa shape index (κ1) is 13.3. The zero-order valence-electron chi connectivity index (χ0n) is 10.1. The molecule has 1 nitrogen and oxygen atoms in total. The van der Waals surface area contributed by atoms with E-state index in [0.717, 1.165) is 16.9 Å². The van der Waals surface area contributed by atoms with Gasteiger partial charge in [-0.3, -0.25) is 0 Å². The maximum atomic E-state index is 5.92. The molecule has 0 fully saturated rings. The normalized spacial score (nSPS) is 10.4. The minimum Gasteiger partial charge on any atom is -0.489 e. The van der Waals surface area contributed by atoms with Gasteiger partial charge in [0.15, 0.2) is 0 Å². The van der Waals surface area contributed by atoms with E-state index in [-0.39, 0.29) is 0 Å². The van der Waals surface area contributed by atoms with Crippen LogP contribution in [0.15, 0.2) is 42.5 Å². The molecule has 3 heteroatoms. The van der Waals surface area contributed by atoms with Crippen LogP contribution in [-0.2, 0) is 12.5 Å². The van der Waals surface area contributed by atoms with E-state index in [2.05, 4.69) is 31.2 Å².